The number of aryl methyl sites for hydroxylation is 2. The van der Waals surface area contributed by atoms with Gasteiger partial charge >= 0.3 is 0 Å². The van der Waals surface area contributed by atoms with E-state index in [0.29, 0.717) is 5.92 Å². The second-order valence-electron chi connectivity index (χ2n) is 4.57. The number of rotatable bonds is 5. The predicted octanol–water partition coefficient (Wildman–Crippen LogP) is 3.89. The van der Waals surface area contributed by atoms with Crippen LogP contribution in [-0.4, -0.2) is 5.11 Å². The van der Waals surface area contributed by atoms with Gasteiger partial charge in [-0.05, 0) is 35.4 Å². The van der Waals surface area contributed by atoms with E-state index in [9.17, 15) is 5.11 Å². The maximum absolute atomic E-state index is 10.3. The fourth-order valence-electron chi connectivity index (χ4n) is 1.99. The van der Waals surface area contributed by atoms with E-state index >= 15 is 0 Å². The Kier molecular flexibility index (Phi) is 5.01. The molecule has 0 aliphatic rings. The first kappa shape index (κ1) is 13.2. The lowest BCUT2D eigenvalue weighted by atomic mass is 9.89. The Morgan fingerprint density at radius 2 is 1.81 bits per heavy atom. The van der Waals surface area contributed by atoms with E-state index in [-0.39, 0.29) is 6.10 Å². The summed E-state index contributed by atoms with van der Waals surface area (Å²) in [5.41, 5.74) is 3.73. The molecule has 2 unspecified atom stereocenters. The summed E-state index contributed by atoms with van der Waals surface area (Å²) in [5.74, 6) is 0.331. The van der Waals surface area contributed by atoms with Gasteiger partial charge in [-0.2, -0.15) is 0 Å². The molecule has 1 N–H and O–H groups in total. The van der Waals surface area contributed by atoms with Gasteiger partial charge in [-0.1, -0.05) is 52.3 Å². The van der Waals surface area contributed by atoms with Crippen molar-refractivity contribution in [3.63, 3.8) is 0 Å². The average molecular weight is 220 g/mol. The van der Waals surface area contributed by atoms with E-state index in [1.165, 1.54) is 11.1 Å². The van der Waals surface area contributed by atoms with Gasteiger partial charge in [0.15, 0.2) is 0 Å². The molecule has 1 aromatic rings. The zero-order chi connectivity index (χ0) is 12.1. The summed E-state index contributed by atoms with van der Waals surface area (Å²) < 4.78 is 0. The summed E-state index contributed by atoms with van der Waals surface area (Å²) in [5, 5.41) is 10.3. The summed E-state index contributed by atoms with van der Waals surface area (Å²) >= 11 is 0. The summed E-state index contributed by atoms with van der Waals surface area (Å²) in [6.07, 6.45) is 2.73. The lowest BCUT2D eigenvalue weighted by Gasteiger charge is -2.21. The Morgan fingerprint density at radius 1 is 1.12 bits per heavy atom. The fraction of sp³-hybridized carbons (Fsp3) is 0.600. The van der Waals surface area contributed by atoms with Crippen molar-refractivity contribution in [1.82, 2.24) is 0 Å². The maximum Gasteiger partial charge on any atom is 0.0818 e. The molecule has 0 fully saturated rings. The minimum Gasteiger partial charge on any atom is -0.388 e. The van der Waals surface area contributed by atoms with E-state index in [0.717, 1.165) is 24.8 Å². The van der Waals surface area contributed by atoms with Crippen molar-refractivity contribution >= 4 is 0 Å². The second kappa shape index (κ2) is 6.05. The lowest BCUT2D eigenvalue weighted by molar-refractivity contribution is 0.114. The molecule has 0 aliphatic heterocycles. The van der Waals surface area contributed by atoms with Crippen LogP contribution >= 0.6 is 0 Å². The van der Waals surface area contributed by atoms with E-state index < -0.39 is 0 Å². The largest absolute Gasteiger partial charge is 0.388 e. The van der Waals surface area contributed by atoms with Crippen molar-refractivity contribution in [2.45, 2.75) is 53.1 Å². The van der Waals surface area contributed by atoms with Gasteiger partial charge in [0, 0.05) is 0 Å². The molecular weight excluding hydrogens is 196 g/mol. The van der Waals surface area contributed by atoms with Crippen LogP contribution in [0.15, 0.2) is 18.2 Å². The highest BCUT2D eigenvalue weighted by atomic mass is 16.3. The molecule has 0 aliphatic carbocycles. The number of hydrogen-bond acceptors (Lipinski definition) is 1. The third-order valence-electron chi connectivity index (χ3n) is 3.50. The van der Waals surface area contributed by atoms with Gasteiger partial charge in [0.05, 0.1) is 6.10 Å². The van der Waals surface area contributed by atoms with Crippen molar-refractivity contribution in [3.8, 4) is 0 Å². The van der Waals surface area contributed by atoms with Gasteiger partial charge in [-0.25, -0.2) is 0 Å². The molecule has 0 heterocycles. The van der Waals surface area contributed by atoms with Gasteiger partial charge in [0.2, 0.25) is 0 Å². The van der Waals surface area contributed by atoms with Crippen molar-refractivity contribution in [3.05, 3.63) is 34.9 Å². The van der Waals surface area contributed by atoms with Crippen molar-refractivity contribution in [2.75, 3.05) is 0 Å². The molecule has 0 aromatic heterocycles. The molecule has 0 radical (unpaired) electrons. The molecule has 1 rings (SSSR count). The Balaban J connectivity index is 3.07. The van der Waals surface area contributed by atoms with Gasteiger partial charge in [0.25, 0.3) is 0 Å². The van der Waals surface area contributed by atoms with E-state index in [4.69, 9.17) is 0 Å². The summed E-state index contributed by atoms with van der Waals surface area (Å²) in [6, 6.07) is 6.51. The highest BCUT2D eigenvalue weighted by Crippen LogP contribution is 2.28. The van der Waals surface area contributed by atoms with Gasteiger partial charge < -0.3 is 5.11 Å². The second-order valence-corrected chi connectivity index (χ2v) is 4.57. The average Bonchev–Trinajstić information content (AvgIpc) is 2.35. The number of aliphatic hydroxyl groups excluding tert-OH is 1. The Bertz CT molecular complexity index is 330. The third kappa shape index (κ3) is 2.85. The highest BCUT2D eigenvalue weighted by Gasteiger charge is 2.17. The van der Waals surface area contributed by atoms with Gasteiger partial charge in [-0.3, -0.25) is 0 Å². The molecule has 16 heavy (non-hydrogen) atoms. The molecule has 0 saturated carbocycles. The third-order valence-corrected chi connectivity index (χ3v) is 3.50. The smallest absolute Gasteiger partial charge is 0.0818 e. The Labute approximate surface area is 99.5 Å². The minimum atomic E-state index is -0.313. The molecule has 0 saturated heterocycles. The lowest BCUT2D eigenvalue weighted by Crippen LogP contribution is -2.11. The molecule has 2 atom stereocenters. The molecule has 1 aromatic carbocycles. The van der Waals surface area contributed by atoms with Crippen LogP contribution in [0.1, 0.15) is 56.9 Å². The molecule has 0 bridgehead atoms. The van der Waals surface area contributed by atoms with Crippen LogP contribution in [0.3, 0.4) is 0 Å². The summed E-state index contributed by atoms with van der Waals surface area (Å²) in [6.45, 7) is 8.54. The number of aliphatic hydroxyl groups is 1. The topological polar surface area (TPSA) is 20.2 Å². The maximum atomic E-state index is 10.3. The molecular formula is C15H24O. The van der Waals surface area contributed by atoms with Crippen LogP contribution in [0.2, 0.25) is 0 Å². The van der Waals surface area contributed by atoms with E-state index in [1.54, 1.807) is 0 Å². The van der Waals surface area contributed by atoms with Crippen molar-refractivity contribution in [1.29, 1.82) is 0 Å². The molecule has 1 heteroatoms. The van der Waals surface area contributed by atoms with Crippen LogP contribution in [0.4, 0.5) is 0 Å². The van der Waals surface area contributed by atoms with Crippen LogP contribution in [0, 0.1) is 5.92 Å². The number of hydrogen-bond donors (Lipinski definition) is 1. The van der Waals surface area contributed by atoms with Crippen LogP contribution in [-0.2, 0) is 12.8 Å². The Hall–Kier alpha value is -0.820. The van der Waals surface area contributed by atoms with Gasteiger partial charge in [0.1, 0.15) is 0 Å². The van der Waals surface area contributed by atoms with Crippen LogP contribution < -0.4 is 0 Å². The summed E-state index contributed by atoms with van der Waals surface area (Å²) in [4.78, 5) is 0. The zero-order valence-corrected chi connectivity index (χ0v) is 11.0. The van der Waals surface area contributed by atoms with Crippen molar-refractivity contribution < 1.29 is 5.11 Å². The zero-order valence-electron chi connectivity index (χ0n) is 11.0. The minimum absolute atomic E-state index is 0.313. The first-order valence-electron chi connectivity index (χ1n) is 6.43. The molecule has 1 nitrogen and oxygen atoms in total. The quantitative estimate of drug-likeness (QED) is 0.798. The van der Waals surface area contributed by atoms with Gasteiger partial charge in [-0.15, -0.1) is 0 Å². The SMILES string of the molecule is CCc1ccc(CC)c(C(O)C(C)CC)c1. The first-order valence-corrected chi connectivity index (χ1v) is 6.43. The van der Waals surface area contributed by atoms with Crippen molar-refractivity contribution in [2.24, 2.45) is 5.92 Å². The van der Waals surface area contributed by atoms with E-state index in [1.807, 2.05) is 0 Å². The fourth-order valence-corrected chi connectivity index (χ4v) is 1.99. The molecule has 0 spiro atoms. The standard InChI is InChI=1S/C15H24O/c1-5-11(4)15(16)14-10-12(6-2)8-9-13(14)7-3/h8-11,15-16H,5-7H2,1-4H3. The molecule has 90 valence electrons. The molecule has 0 amide bonds. The highest BCUT2D eigenvalue weighted by molar-refractivity contribution is 5.34. The summed E-state index contributed by atoms with van der Waals surface area (Å²) in [7, 11) is 0. The first-order chi connectivity index (χ1) is 7.63. The van der Waals surface area contributed by atoms with E-state index in [2.05, 4.69) is 45.9 Å². The van der Waals surface area contributed by atoms with Crippen LogP contribution in [0.25, 0.3) is 0 Å². The van der Waals surface area contributed by atoms with Crippen LogP contribution in [0.5, 0.6) is 0 Å². The predicted molar refractivity (Wildman–Crippen MR) is 69.6 cm³/mol. The Morgan fingerprint density at radius 3 is 2.31 bits per heavy atom. The number of benzene rings is 1. The monoisotopic (exact) mass is 220 g/mol. The normalized spacial score (nSPS) is 14.8.